The lowest BCUT2D eigenvalue weighted by Gasteiger charge is -2.24. The molecule has 0 aliphatic heterocycles. The van der Waals surface area contributed by atoms with Crippen molar-refractivity contribution in [1.29, 1.82) is 0 Å². The van der Waals surface area contributed by atoms with Crippen molar-refractivity contribution in [3.05, 3.63) is 45.8 Å². The molecule has 2 nitrogen and oxygen atoms in total. The van der Waals surface area contributed by atoms with Gasteiger partial charge in [0, 0.05) is 10.9 Å². The van der Waals surface area contributed by atoms with Crippen molar-refractivity contribution in [2.45, 2.75) is 44.9 Å². The zero-order valence-corrected chi connectivity index (χ0v) is 10.7. The van der Waals surface area contributed by atoms with Crippen molar-refractivity contribution in [3.8, 4) is 0 Å². The van der Waals surface area contributed by atoms with Crippen LogP contribution in [0.15, 0.2) is 33.5 Å². The topological polar surface area (TPSA) is 30.2 Å². The molecule has 3 rings (SSSR count). The molecule has 0 atom stereocenters. The van der Waals surface area contributed by atoms with Gasteiger partial charge in [-0.05, 0) is 37.3 Å². The first-order valence-corrected chi connectivity index (χ1v) is 6.79. The van der Waals surface area contributed by atoms with Crippen LogP contribution in [0.25, 0.3) is 11.0 Å². The Kier molecular flexibility index (Phi) is 2.94. The van der Waals surface area contributed by atoms with Gasteiger partial charge in [-0.15, -0.1) is 0 Å². The average Bonchev–Trinajstić information content (AvgIpc) is 2.41. The number of para-hydroxylation sites is 1. The molecule has 0 unspecified atom stereocenters. The van der Waals surface area contributed by atoms with Crippen LogP contribution in [0.2, 0.25) is 0 Å². The van der Waals surface area contributed by atoms with Crippen LogP contribution in [0.5, 0.6) is 0 Å². The summed E-state index contributed by atoms with van der Waals surface area (Å²) in [5.74, 6) is 0.535. The van der Waals surface area contributed by atoms with Crippen LogP contribution >= 0.6 is 0 Å². The van der Waals surface area contributed by atoms with E-state index < -0.39 is 0 Å². The van der Waals surface area contributed by atoms with Gasteiger partial charge in [-0.3, -0.25) is 0 Å². The summed E-state index contributed by atoms with van der Waals surface area (Å²) in [6.07, 6.45) is 6.29. The Labute approximate surface area is 107 Å². The van der Waals surface area contributed by atoms with Crippen LogP contribution in [0.3, 0.4) is 0 Å². The predicted octanol–water partition coefficient (Wildman–Crippen LogP) is 4.15. The first-order valence-electron chi connectivity index (χ1n) is 6.79. The first kappa shape index (κ1) is 11.5. The third-order valence-electron chi connectivity index (χ3n) is 4.10. The Hall–Kier alpha value is -1.57. The number of rotatable bonds is 1. The highest BCUT2D eigenvalue weighted by atomic mass is 16.4. The van der Waals surface area contributed by atoms with Gasteiger partial charge >= 0.3 is 5.63 Å². The second kappa shape index (κ2) is 4.60. The largest absolute Gasteiger partial charge is 0.423 e. The minimum absolute atomic E-state index is 0.172. The molecule has 0 saturated heterocycles. The standard InChI is InChI=1S/C16H18O2/c1-11-15(12-7-3-2-4-8-12)13-9-5-6-10-14(13)18-16(11)17/h5-6,9-10,12H,2-4,7-8H2,1H3. The molecule has 1 aromatic heterocycles. The molecule has 0 amide bonds. The van der Waals surface area contributed by atoms with Gasteiger partial charge in [0.1, 0.15) is 5.58 Å². The molecule has 94 valence electrons. The number of benzene rings is 1. The van der Waals surface area contributed by atoms with Crippen LogP contribution in [-0.2, 0) is 0 Å². The fraction of sp³-hybridized carbons (Fsp3) is 0.438. The average molecular weight is 242 g/mol. The minimum Gasteiger partial charge on any atom is -0.423 e. The highest BCUT2D eigenvalue weighted by molar-refractivity contribution is 5.81. The van der Waals surface area contributed by atoms with Crippen LogP contribution in [0, 0.1) is 6.92 Å². The molecule has 1 aliphatic rings. The van der Waals surface area contributed by atoms with Crippen LogP contribution in [-0.4, -0.2) is 0 Å². The van der Waals surface area contributed by atoms with E-state index in [1.54, 1.807) is 0 Å². The summed E-state index contributed by atoms with van der Waals surface area (Å²) in [6, 6.07) is 7.91. The number of fused-ring (bicyclic) bond motifs is 1. The summed E-state index contributed by atoms with van der Waals surface area (Å²) in [4.78, 5) is 11.9. The molecule has 1 heterocycles. The molecule has 1 fully saturated rings. The number of hydrogen-bond donors (Lipinski definition) is 0. The van der Waals surface area contributed by atoms with E-state index in [2.05, 4.69) is 6.07 Å². The summed E-state index contributed by atoms with van der Waals surface area (Å²) in [6.45, 7) is 1.90. The predicted molar refractivity (Wildman–Crippen MR) is 73.0 cm³/mol. The Morgan fingerprint density at radius 3 is 2.61 bits per heavy atom. The third kappa shape index (κ3) is 1.86. The van der Waals surface area contributed by atoms with Crippen molar-refractivity contribution in [2.24, 2.45) is 0 Å². The van der Waals surface area contributed by atoms with Crippen molar-refractivity contribution >= 4 is 11.0 Å². The van der Waals surface area contributed by atoms with E-state index in [-0.39, 0.29) is 5.63 Å². The van der Waals surface area contributed by atoms with E-state index in [4.69, 9.17) is 4.42 Å². The molecular weight excluding hydrogens is 224 g/mol. The van der Waals surface area contributed by atoms with E-state index in [0.717, 1.165) is 16.5 Å². The molecule has 0 N–H and O–H groups in total. The van der Waals surface area contributed by atoms with Crippen molar-refractivity contribution in [3.63, 3.8) is 0 Å². The molecule has 0 radical (unpaired) electrons. The highest BCUT2D eigenvalue weighted by Gasteiger charge is 2.21. The van der Waals surface area contributed by atoms with Gasteiger partial charge in [-0.2, -0.15) is 0 Å². The van der Waals surface area contributed by atoms with Crippen LogP contribution < -0.4 is 5.63 Å². The summed E-state index contributed by atoms with van der Waals surface area (Å²) in [5.41, 5.74) is 2.60. The first-order chi connectivity index (χ1) is 8.77. The Morgan fingerprint density at radius 1 is 1.11 bits per heavy atom. The maximum Gasteiger partial charge on any atom is 0.339 e. The van der Waals surface area contributed by atoms with Gasteiger partial charge in [0.25, 0.3) is 0 Å². The zero-order chi connectivity index (χ0) is 12.5. The maximum absolute atomic E-state index is 11.9. The fourth-order valence-electron chi connectivity index (χ4n) is 3.18. The van der Waals surface area contributed by atoms with Crippen molar-refractivity contribution in [2.75, 3.05) is 0 Å². The molecule has 1 aliphatic carbocycles. The SMILES string of the molecule is Cc1c(C2CCCCC2)c2ccccc2oc1=O. The van der Waals surface area contributed by atoms with Crippen LogP contribution in [0.1, 0.15) is 49.1 Å². The lowest BCUT2D eigenvalue weighted by molar-refractivity contribution is 0.440. The third-order valence-corrected chi connectivity index (χ3v) is 4.10. The van der Waals surface area contributed by atoms with E-state index in [1.807, 2.05) is 25.1 Å². The Bertz CT molecular complexity index is 619. The molecule has 18 heavy (non-hydrogen) atoms. The van der Waals surface area contributed by atoms with E-state index >= 15 is 0 Å². The van der Waals surface area contributed by atoms with Gasteiger partial charge in [0.2, 0.25) is 0 Å². The highest BCUT2D eigenvalue weighted by Crippen LogP contribution is 2.37. The van der Waals surface area contributed by atoms with Gasteiger partial charge in [0.05, 0.1) is 0 Å². The second-order valence-electron chi connectivity index (χ2n) is 5.26. The Balaban J connectivity index is 2.24. The Morgan fingerprint density at radius 2 is 1.83 bits per heavy atom. The van der Waals surface area contributed by atoms with Gasteiger partial charge in [-0.25, -0.2) is 4.79 Å². The number of hydrogen-bond acceptors (Lipinski definition) is 2. The van der Waals surface area contributed by atoms with Crippen molar-refractivity contribution < 1.29 is 4.42 Å². The fourth-order valence-corrected chi connectivity index (χ4v) is 3.18. The summed E-state index contributed by atoms with van der Waals surface area (Å²) >= 11 is 0. The van der Waals surface area contributed by atoms with Gasteiger partial charge in [-0.1, -0.05) is 37.5 Å². The summed E-state index contributed by atoms with van der Waals surface area (Å²) in [5, 5.41) is 1.13. The smallest absolute Gasteiger partial charge is 0.339 e. The summed E-state index contributed by atoms with van der Waals surface area (Å²) in [7, 11) is 0. The second-order valence-corrected chi connectivity index (χ2v) is 5.26. The maximum atomic E-state index is 11.9. The van der Waals surface area contributed by atoms with Gasteiger partial charge < -0.3 is 4.42 Å². The van der Waals surface area contributed by atoms with E-state index in [9.17, 15) is 4.79 Å². The quantitative estimate of drug-likeness (QED) is 0.703. The molecule has 2 aromatic rings. The molecule has 0 bridgehead atoms. The molecule has 1 saturated carbocycles. The zero-order valence-electron chi connectivity index (χ0n) is 10.7. The lowest BCUT2D eigenvalue weighted by Crippen LogP contribution is -2.13. The van der Waals surface area contributed by atoms with Gasteiger partial charge in [0.15, 0.2) is 0 Å². The normalized spacial score (nSPS) is 17.2. The monoisotopic (exact) mass is 242 g/mol. The van der Waals surface area contributed by atoms with Crippen LogP contribution in [0.4, 0.5) is 0 Å². The van der Waals surface area contributed by atoms with E-state index in [0.29, 0.717) is 5.92 Å². The molecule has 0 spiro atoms. The van der Waals surface area contributed by atoms with E-state index in [1.165, 1.54) is 37.7 Å². The lowest BCUT2D eigenvalue weighted by atomic mass is 9.81. The van der Waals surface area contributed by atoms with Crippen molar-refractivity contribution in [1.82, 2.24) is 0 Å². The molecular formula is C16H18O2. The molecule has 1 aromatic carbocycles. The minimum atomic E-state index is -0.172. The molecule has 2 heteroatoms. The summed E-state index contributed by atoms with van der Waals surface area (Å²) < 4.78 is 5.37.